The van der Waals surface area contributed by atoms with E-state index in [4.69, 9.17) is 15.2 Å². The van der Waals surface area contributed by atoms with Crippen molar-refractivity contribution < 1.29 is 14.3 Å². The van der Waals surface area contributed by atoms with Crippen molar-refractivity contribution in [3.8, 4) is 0 Å². The highest BCUT2D eigenvalue weighted by Crippen LogP contribution is 2.16. The summed E-state index contributed by atoms with van der Waals surface area (Å²) in [7, 11) is 1.66. The molecule has 0 aliphatic carbocycles. The third kappa shape index (κ3) is 9.45. The number of halogens is 1. The van der Waals surface area contributed by atoms with E-state index in [1.54, 1.807) is 7.11 Å². The Bertz CT molecular complexity index is 833. The Labute approximate surface area is 195 Å². The van der Waals surface area contributed by atoms with Crippen LogP contribution in [-0.2, 0) is 22.5 Å². The van der Waals surface area contributed by atoms with Crippen LogP contribution in [0.15, 0.2) is 53.5 Å². The second kappa shape index (κ2) is 12.4. The van der Waals surface area contributed by atoms with Crippen molar-refractivity contribution in [2.24, 2.45) is 10.7 Å². The van der Waals surface area contributed by atoms with Crippen molar-refractivity contribution in [1.82, 2.24) is 0 Å². The van der Waals surface area contributed by atoms with Gasteiger partial charge in [0.05, 0.1) is 6.61 Å². The Hall–Kier alpha value is -2.33. The first-order chi connectivity index (χ1) is 13.8. The van der Waals surface area contributed by atoms with Crippen molar-refractivity contribution >= 4 is 47.4 Å². The van der Waals surface area contributed by atoms with Crippen molar-refractivity contribution in [2.75, 3.05) is 24.3 Å². The summed E-state index contributed by atoms with van der Waals surface area (Å²) >= 11 is 0. The molecule has 7 nitrogen and oxygen atoms in total. The third-order valence-corrected chi connectivity index (χ3v) is 3.86. The molecule has 0 radical (unpaired) electrons. The summed E-state index contributed by atoms with van der Waals surface area (Å²) in [6.07, 6.45) is 0.261. The molecule has 4 N–H and O–H groups in total. The van der Waals surface area contributed by atoms with E-state index in [0.29, 0.717) is 24.8 Å². The first-order valence-electron chi connectivity index (χ1n) is 9.49. The monoisotopic (exact) mass is 526 g/mol. The zero-order chi connectivity index (χ0) is 21.3. The van der Waals surface area contributed by atoms with Gasteiger partial charge in [-0.25, -0.2) is 4.79 Å². The minimum atomic E-state index is -0.528. The maximum Gasteiger partial charge on any atom is 0.412 e. The summed E-state index contributed by atoms with van der Waals surface area (Å²) in [5.41, 5.74) is 9.15. The van der Waals surface area contributed by atoms with Gasteiger partial charge in [0, 0.05) is 30.6 Å². The number of rotatable bonds is 7. The molecule has 0 heterocycles. The number of para-hydroxylation sites is 1. The van der Waals surface area contributed by atoms with Crippen LogP contribution in [0.2, 0.25) is 0 Å². The lowest BCUT2D eigenvalue weighted by Gasteiger charge is -2.19. The van der Waals surface area contributed by atoms with Gasteiger partial charge in [-0.2, -0.15) is 0 Å². The smallest absolute Gasteiger partial charge is 0.412 e. The molecule has 0 saturated carbocycles. The van der Waals surface area contributed by atoms with Crippen molar-refractivity contribution in [2.45, 2.75) is 39.4 Å². The summed E-state index contributed by atoms with van der Waals surface area (Å²) in [6.45, 7) is 6.52. The van der Waals surface area contributed by atoms with Crippen LogP contribution in [0.4, 0.5) is 16.2 Å². The van der Waals surface area contributed by atoms with Gasteiger partial charge in [-0.1, -0.05) is 30.3 Å². The number of aliphatic imine (C=N–C) groups is 1. The number of hydrogen-bond donors (Lipinski definition) is 3. The van der Waals surface area contributed by atoms with Gasteiger partial charge in [-0.05, 0) is 51.0 Å². The van der Waals surface area contributed by atoms with E-state index in [1.165, 1.54) is 0 Å². The highest BCUT2D eigenvalue weighted by atomic mass is 127. The number of guanidine groups is 1. The molecular weight excluding hydrogens is 495 g/mol. The van der Waals surface area contributed by atoms with E-state index in [1.807, 2.05) is 69.3 Å². The van der Waals surface area contributed by atoms with Gasteiger partial charge in [-0.15, -0.1) is 24.0 Å². The third-order valence-electron chi connectivity index (χ3n) is 3.86. The minimum Gasteiger partial charge on any atom is -0.444 e. The summed E-state index contributed by atoms with van der Waals surface area (Å²) in [4.78, 5) is 16.2. The fourth-order valence-electron chi connectivity index (χ4n) is 2.58. The van der Waals surface area contributed by atoms with E-state index in [9.17, 15) is 4.79 Å². The lowest BCUT2D eigenvalue weighted by Crippen LogP contribution is -2.27. The Balaban J connectivity index is 0.00000450. The Morgan fingerprint density at radius 1 is 1.07 bits per heavy atom. The normalized spacial score (nSPS) is 11.4. The summed E-state index contributed by atoms with van der Waals surface area (Å²) in [6, 6.07) is 15.4. The first-order valence-corrected chi connectivity index (χ1v) is 9.49. The number of nitrogens with zero attached hydrogens (tertiary/aromatic N) is 1. The fraction of sp³-hybridized carbons (Fsp3) is 0.364. The predicted octanol–water partition coefficient (Wildman–Crippen LogP) is 4.77. The molecule has 0 spiro atoms. The molecule has 1 amide bonds. The molecule has 0 aliphatic heterocycles. The summed E-state index contributed by atoms with van der Waals surface area (Å²) in [5.74, 6) is 0.358. The molecular formula is C22H31IN4O3. The van der Waals surface area contributed by atoms with E-state index in [2.05, 4.69) is 15.6 Å². The van der Waals surface area contributed by atoms with Gasteiger partial charge in [0.1, 0.15) is 5.60 Å². The first kappa shape index (κ1) is 25.7. The van der Waals surface area contributed by atoms with Crippen molar-refractivity contribution in [3.63, 3.8) is 0 Å². The molecule has 2 aromatic rings. The van der Waals surface area contributed by atoms with Crippen LogP contribution >= 0.6 is 24.0 Å². The van der Waals surface area contributed by atoms with Crippen LogP contribution in [0.3, 0.4) is 0 Å². The molecule has 0 fully saturated rings. The number of anilines is 2. The van der Waals surface area contributed by atoms with Crippen LogP contribution in [0.5, 0.6) is 0 Å². The number of nitrogens with two attached hydrogens (primary N) is 1. The number of hydrogen-bond acceptors (Lipinski definition) is 4. The number of carbonyl (C=O) groups is 1. The van der Waals surface area contributed by atoms with E-state index < -0.39 is 11.7 Å². The lowest BCUT2D eigenvalue weighted by molar-refractivity contribution is 0.0636. The van der Waals surface area contributed by atoms with Gasteiger partial charge in [-0.3, -0.25) is 10.3 Å². The molecule has 8 heteroatoms. The second-order valence-electron chi connectivity index (χ2n) is 7.56. The summed E-state index contributed by atoms with van der Waals surface area (Å²) in [5, 5.41) is 5.83. The Morgan fingerprint density at radius 2 is 1.73 bits per heavy atom. The fourth-order valence-corrected chi connectivity index (χ4v) is 2.58. The zero-order valence-corrected chi connectivity index (χ0v) is 20.2. The number of ether oxygens (including phenoxy) is 2. The van der Waals surface area contributed by atoms with Gasteiger partial charge in [0.2, 0.25) is 0 Å². The quantitative estimate of drug-likeness (QED) is 0.275. The minimum absolute atomic E-state index is 0. The largest absolute Gasteiger partial charge is 0.444 e. The number of benzene rings is 2. The Kier molecular flexibility index (Phi) is 10.6. The van der Waals surface area contributed by atoms with Gasteiger partial charge < -0.3 is 20.5 Å². The average molecular weight is 526 g/mol. The molecule has 0 saturated heterocycles. The topological polar surface area (TPSA) is 98.0 Å². The maximum absolute atomic E-state index is 11.8. The van der Waals surface area contributed by atoms with Crippen LogP contribution in [0.1, 0.15) is 31.9 Å². The zero-order valence-electron chi connectivity index (χ0n) is 17.9. The molecule has 0 aliphatic rings. The predicted molar refractivity (Wildman–Crippen MR) is 133 cm³/mol. The summed E-state index contributed by atoms with van der Waals surface area (Å²) < 4.78 is 10.4. The highest BCUT2D eigenvalue weighted by molar-refractivity contribution is 14.0. The van der Waals surface area contributed by atoms with Gasteiger partial charge in [0.15, 0.2) is 5.96 Å². The van der Waals surface area contributed by atoms with Gasteiger partial charge in [0.25, 0.3) is 0 Å². The lowest BCUT2D eigenvalue weighted by atomic mass is 10.1. The number of carbonyl (C=O) groups excluding carboxylic acids is 1. The Morgan fingerprint density at radius 3 is 2.37 bits per heavy atom. The van der Waals surface area contributed by atoms with Crippen molar-refractivity contribution in [3.05, 3.63) is 59.7 Å². The number of amides is 1. The van der Waals surface area contributed by atoms with Crippen molar-refractivity contribution in [1.29, 1.82) is 0 Å². The molecule has 0 aromatic heterocycles. The average Bonchev–Trinajstić information content (AvgIpc) is 2.63. The van der Waals surface area contributed by atoms with Crippen LogP contribution in [0, 0.1) is 0 Å². The maximum atomic E-state index is 11.8. The molecule has 2 rings (SSSR count). The molecule has 164 valence electrons. The standard InChI is InChI=1S/C22H30N4O3.HI/c1-22(2,3)29-21(27)25-18-11-9-16(10-12-18)13-14-24-20(23)26-19-8-6-5-7-17(19)15-28-4;/h5-12H,13-15H2,1-4H3,(H,25,27)(H3,23,24,26);1H. The van der Waals surface area contributed by atoms with Crippen LogP contribution in [-0.4, -0.2) is 31.3 Å². The van der Waals surface area contributed by atoms with E-state index >= 15 is 0 Å². The SMILES string of the molecule is COCc1ccccc1NC(N)=NCCc1ccc(NC(=O)OC(C)(C)C)cc1.I. The highest BCUT2D eigenvalue weighted by Gasteiger charge is 2.16. The molecule has 2 aromatic carbocycles. The van der Waals surface area contributed by atoms with Crippen LogP contribution < -0.4 is 16.4 Å². The number of methoxy groups -OCH3 is 1. The van der Waals surface area contributed by atoms with Crippen LogP contribution in [0.25, 0.3) is 0 Å². The second-order valence-corrected chi connectivity index (χ2v) is 7.56. The number of nitrogens with one attached hydrogen (secondary N) is 2. The molecule has 0 bridgehead atoms. The van der Waals surface area contributed by atoms with E-state index in [-0.39, 0.29) is 24.0 Å². The molecule has 0 unspecified atom stereocenters. The van der Waals surface area contributed by atoms with Gasteiger partial charge >= 0.3 is 6.09 Å². The molecule has 0 atom stereocenters. The molecule has 30 heavy (non-hydrogen) atoms. The van der Waals surface area contributed by atoms with E-state index in [0.717, 1.165) is 23.2 Å².